The van der Waals surface area contributed by atoms with Crippen LogP contribution in [0.1, 0.15) is 28.3 Å². The summed E-state index contributed by atoms with van der Waals surface area (Å²) in [5.74, 6) is 5.69. The number of nitrogens with one attached hydrogen (secondary N) is 1. The predicted molar refractivity (Wildman–Crippen MR) is 81.1 cm³/mol. The second kappa shape index (κ2) is 6.20. The lowest BCUT2D eigenvalue weighted by Gasteiger charge is -2.17. The lowest BCUT2D eigenvalue weighted by atomic mass is 9.97. The molecule has 0 aromatic heterocycles. The summed E-state index contributed by atoms with van der Waals surface area (Å²) in [7, 11) is 0. The first-order valence-electron chi connectivity index (χ1n) is 6.38. The van der Waals surface area contributed by atoms with Gasteiger partial charge < -0.3 is 0 Å². The Labute approximate surface area is 119 Å². The van der Waals surface area contributed by atoms with Gasteiger partial charge in [0.15, 0.2) is 0 Å². The molecule has 1 atom stereocenters. The van der Waals surface area contributed by atoms with E-state index < -0.39 is 0 Å². The van der Waals surface area contributed by atoms with Gasteiger partial charge in [-0.15, -0.1) is 0 Å². The van der Waals surface area contributed by atoms with Crippen molar-refractivity contribution in [3.63, 3.8) is 0 Å². The van der Waals surface area contributed by atoms with Gasteiger partial charge in [-0.05, 0) is 43.0 Å². The predicted octanol–water partition coefficient (Wildman–Crippen LogP) is 3.70. The molecule has 0 aliphatic carbocycles. The summed E-state index contributed by atoms with van der Waals surface area (Å²) in [4.78, 5) is 0. The van der Waals surface area contributed by atoms with Crippen LogP contribution < -0.4 is 11.3 Å². The molecule has 2 rings (SSSR count). The standard InChI is InChI=1S/C16H19ClN2/c1-11-3-5-13(6-4-11)10-16(19-18)14-7-8-15(17)12(2)9-14/h3-9,16,19H,10,18H2,1-2H3. The third-order valence-electron chi connectivity index (χ3n) is 3.35. The monoisotopic (exact) mass is 274 g/mol. The molecule has 0 fully saturated rings. The van der Waals surface area contributed by atoms with Crippen LogP contribution in [0.25, 0.3) is 0 Å². The zero-order valence-electron chi connectivity index (χ0n) is 11.3. The summed E-state index contributed by atoms with van der Waals surface area (Å²) in [6, 6.07) is 14.6. The van der Waals surface area contributed by atoms with Crippen molar-refractivity contribution in [2.75, 3.05) is 0 Å². The van der Waals surface area contributed by atoms with E-state index in [0.29, 0.717) is 0 Å². The molecule has 2 nitrogen and oxygen atoms in total. The van der Waals surface area contributed by atoms with Gasteiger partial charge in [0.25, 0.3) is 0 Å². The van der Waals surface area contributed by atoms with Gasteiger partial charge in [0.05, 0.1) is 0 Å². The highest BCUT2D eigenvalue weighted by molar-refractivity contribution is 6.31. The fourth-order valence-corrected chi connectivity index (χ4v) is 2.24. The quantitative estimate of drug-likeness (QED) is 0.659. The van der Waals surface area contributed by atoms with Crippen molar-refractivity contribution in [2.24, 2.45) is 5.84 Å². The molecule has 0 saturated carbocycles. The molecule has 0 aliphatic heterocycles. The number of hydrazine groups is 1. The summed E-state index contributed by atoms with van der Waals surface area (Å²) in [5.41, 5.74) is 7.65. The number of hydrogen-bond donors (Lipinski definition) is 2. The first-order valence-corrected chi connectivity index (χ1v) is 6.75. The van der Waals surface area contributed by atoms with Crippen molar-refractivity contribution in [3.05, 3.63) is 69.7 Å². The molecule has 3 N–H and O–H groups in total. The van der Waals surface area contributed by atoms with Gasteiger partial charge in [-0.1, -0.05) is 53.6 Å². The molecule has 0 heterocycles. The van der Waals surface area contributed by atoms with Crippen LogP contribution in [-0.4, -0.2) is 0 Å². The zero-order valence-corrected chi connectivity index (χ0v) is 12.0. The van der Waals surface area contributed by atoms with Crippen LogP contribution in [0, 0.1) is 13.8 Å². The minimum absolute atomic E-state index is 0.0960. The van der Waals surface area contributed by atoms with Crippen molar-refractivity contribution in [3.8, 4) is 0 Å². The van der Waals surface area contributed by atoms with Gasteiger partial charge in [0, 0.05) is 11.1 Å². The molecule has 0 amide bonds. The fraction of sp³-hybridized carbons (Fsp3) is 0.250. The van der Waals surface area contributed by atoms with E-state index in [1.54, 1.807) is 0 Å². The van der Waals surface area contributed by atoms with Crippen LogP contribution in [0.2, 0.25) is 5.02 Å². The molecule has 0 spiro atoms. The zero-order chi connectivity index (χ0) is 13.8. The largest absolute Gasteiger partial charge is 0.271 e. The Morgan fingerprint density at radius 3 is 2.37 bits per heavy atom. The van der Waals surface area contributed by atoms with Crippen molar-refractivity contribution < 1.29 is 0 Å². The lowest BCUT2D eigenvalue weighted by Crippen LogP contribution is -2.29. The normalized spacial score (nSPS) is 12.4. The van der Waals surface area contributed by atoms with Gasteiger partial charge in [-0.25, -0.2) is 0 Å². The highest BCUT2D eigenvalue weighted by Crippen LogP contribution is 2.23. The molecule has 0 bridgehead atoms. The maximum atomic E-state index is 6.05. The Morgan fingerprint density at radius 1 is 1.11 bits per heavy atom. The smallest absolute Gasteiger partial charge is 0.0500 e. The van der Waals surface area contributed by atoms with Gasteiger partial charge in [0.1, 0.15) is 0 Å². The minimum Gasteiger partial charge on any atom is -0.271 e. The number of hydrogen-bond acceptors (Lipinski definition) is 2. The Balaban J connectivity index is 2.19. The number of benzene rings is 2. The van der Waals surface area contributed by atoms with Crippen molar-refractivity contribution >= 4 is 11.6 Å². The molecule has 0 radical (unpaired) electrons. The Morgan fingerprint density at radius 2 is 1.79 bits per heavy atom. The summed E-state index contributed by atoms with van der Waals surface area (Å²) < 4.78 is 0. The fourth-order valence-electron chi connectivity index (χ4n) is 2.12. The molecule has 3 heteroatoms. The first-order chi connectivity index (χ1) is 9.10. The van der Waals surface area contributed by atoms with E-state index in [2.05, 4.69) is 42.7 Å². The molecule has 0 saturated heterocycles. The molecule has 0 aliphatic rings. The van der Waals surface area contributed by atoms with Crippen LogP contribution in [-0.2, 0) is 6.42 Å². The van der Waals surface area contributed by atoms with E-state index in [9.17, 15) is 0 Å². The number of halogens is 1. The summed E-state index contributed by atoms with van der Waals surface area (Å²) in [6.45, 7) is 4.09. The van der Waals surface area contributed by atoms with E-state index in [4.69, 9.17) is 17.4 Å². The molecule has 2 aromatic rings. The Bertz CT molecular complexity index is 549. The van der Waals surface area contributed by atoms with Gasteiger partial charge in [0.2, 0.25) is 0 Å². The third-order valence-corrected chi connectivity index (χ3v) is 3.77. The van der Waals surface area contributed by atoms with Crippen molar-refractivity contribution in [1.82, 2.24) is 5.43 Å². The van der Waals surface area contributed by atoms with Gasteiger partial charge in [-0.2, -0.15) is 0 Å². The third kappa shape index (κ3) is 3.57. The van der Waals surface area contributed by atoms with Crippen molar-refractivity contribution in [1.29, 1.82) is 0 Å². The average Bonchev–Trinajstić information content (AvgIpc) is 2.41. The SMILES string of the molecule is Cc1ccc(CC(NN)c2ccc(Cl)c(C)c2)cc1. The van der Waals surface area contributed by atoms with Crippen LogP contribution in [0.15, 0.2) is 42.5 Å². The molecule has 2 aromatic carbocycles. The van der Waals surface area contributed by atoms with E-state index in [1.807, 2.05) is 19.1 Å². The first kappa shape index (κ1) is 14.1. The molecule has 100 valence electrons. The summed E-state index contributed by atoms with van der Waals surface area (Å²) >= 11 is 6.05. The Hall–Kier alpha value is -1.35. The van der Waals surface area contributed by atoms with E-state index >= 15 is 0 Å². The Kier molecular flexibility index (Phi) is 4.59. The average molecular weight is 275 g/mol. The molecule has 19 heavy (non-hydrogen) atoms. The molecule has 1 unspecified atom stereocenters. The maximum absolute atomic E-state index is 6.05. The van der Waals surface area contributed by atoms with Gasteiger partial charge >= 0.3 is 0 Å². The highest BCUT2D eigenvalue weighted by atomic mass is 35.5. The summed E-state index contributed by atoms with van der Waals surface area (Å²) in [5, 5.41) is 0.787. The van der Waals surface area contributed by atoms with Crippen LogP contribution in [0.5, 0.6) is 0 Å². The number of rotatable bonds is 4. The van der Waals surface area contributed by atoms with Crippen LogP contribution in [0.3, 0.4) is 0 Å². The molecular weight excluding hydrogens is 256 g/mol. The maximum Gasteiger partial charge on any atom is 0.0500 e. The van der Waals surface area contributed by atoms with E-state index in [0.717, 1.165) is 22.6 Å². The molecular formula is C16H19ClN2. The second-order valence-corrected chi connectivity index (χ2v) is 5.32. The lowest BCUT2D eigenvalue weighted by molar-refractivity contribution is 0.551. The summed E-state index contributed by atoms with van der Waals surface area (Å²) in [6.07, 6.45) is 0.859. The van der Waals surface area contributed by atoms with Crippen LogP contribution in [0.4, 0.5) is 0 Å². The number of aryl methyl sites for hydroxylation is 2. The van der Waals surface area contributed by atoms with Gasteiger partial charge in [-0.3, -0.25) is 11.3 Å². The number of nitrogens with two attached hydrogens (primary N) is 1. The minimum atomic E-state index is 0.0960. The van der Waals surface area contributed by atoms with E-state index in [1.165, 1.54) is 11.1 Å². The van der Waals surface area contributed by atoms with E-state index in [-0.39, 0.29) is 6.04 Å². The second-order valence-electron chi connectivity index (χ2n) is 4.92. The van der Waals surface area contributed by atoms with Crippen molar-refractivity contribution in [2.45, 2.75) is 26.3 Å². The van der Waals surface area contributed by atoms with Crippen LogP contribution >= 0.6 is 11.6 Å². The topological polar surface area (TPSA) is 38.0 Å². The highest BCUT2D eigenvalue weighted by Gasteiger charge is 2.11.